The number of benzene rings is 1. The lowest BCUT2D eigenvalue weighted by atomic mass is 10.1. The molecule has 0 radical (unpaired) electrons. The van der Waals surface area contributed by atoms with E-state index in [2.05, 4.69) is 36.1 Å². The predicted octanol–water partition coefficient (Wildman–Crippen LogP) is 1.23. The van der Waals surface area contributed by atoms with Gasteiger partial charge < -0.3 is 5.11 Å². The van der Waals surface area contributed by atoms with Crippen molar-refractivity contribution in [1.82, 2.24) is 4.90 Å². The fourth-order valence-electron chi connectivity index (χ4n) is 2.70. The molecule has 0 spiro atoms. The topological polar surface area (TPSA) is 57.6 Å². The summed E-state index contributed by atoms with van der Waals surface area (Å²) in [6.45, 7) is 3.40. The van der Waals surface area contributed by atoms with E-state index in [0.29, 0.717) is 19.5 Å². The maximum Gasteiger partial charge on any atom is 0.151 e. The highest BCUT2D eigenvalue weighted by atomic mass is 32.2. The molecular weight excluding hydrogens is 274 g/mol. The van der Waals surface area contributed by atoms with E-state index in [1.165, 1.54) is 11.1 Å². The van der Waals surface area contributed by atoms with Gasteiger partial charge in [-0.05, 0) is 24.0 Å². The maximum atomic E-state index is 11.6. The molecule has 4 nitrogen and oxygen atoms in total. The van der Waals surface area contributed by atoms with Gasteiger partial charge in [-0.15, -0.1) is 0 Å². The number of sulfone groups is 1. The van der Waals surface area contributed by atoms with E-state index in [0.717, 1.165) is 6.42 Å². The molecule has 0 bridgehead atoms. The van der Waals surface area contributed by atoms with Crippen LogP contribution >= 0.6 is 0 Å². The van der Waals surface area contributed by atoms with Gasteiger partial charge in [0.2, 0.25) is 0 Å². The van der Waals surface area contributed by atoms with Gasteiger partial charge in [-0.3, -0.25) is 4.90 Å². The predicted molar refractivity (Wildman–Crippen MR) is 80.4 cm³/mol. The number of aliphatic hydroxyl groups is 1. The van der Waals surface area contributed by atoms with Crippen LogP contribution in [0.4, 0.5) is 0 Å². The van der Waals surface area contributed by atoms with Gasteiger partial charge in [-0.2, -0.15) is 0 Å². The summed E-state index contributed by atoms with van der Waals surface area (Å²) in [5, 5.41) is 9.20. The Kier molecular flexibility index (Phi) is 5.18. The molecule has 1 fully saturated rings. The maximum absolute atomic E-state index is 11.6. The van der Waals surface area contributed by atoms with Gasteiger partial charge in [-0.25, -0.2) is 8.42 Å². The zero-order chi connectivity index (χ0) is 14.6. The average molecular weight is 297 g/mol. The van der Waals surface area contributed by atoms with E-state index < -0.39 is 9.84 Å². The molecular formula is C15H23NO3S. The van der Waals surface area contributed by atoms with Crippen LogP contribution in [0.1, 0.15) is 24.5 Å². The Morgan fingerprint density at radius 1 is 1.25 bits per heavy atom. The number of rotatable bonds is 6. The van der Waals surface area contributed by atoms with Crippen molar-refractivity contribution in [2.24, 2.45) is 0 Å². The second kappa shape index (κ2) is 6.70. The van der Waals surface area contributed by atoms with Crippen molar-refractivity contribution in [2.75, 3.05) is 24.7 Å². The van der Waals surface area contributed by atoms with Crippen LogP contribution < -0.4 is 0 Å². The molecule has 1 aromatic carbocycles. The summed E-state index contributed by atoms with van der Waals surface area (Å²) in [6.07, 6.45) is 1.69. The number of hydrogen-bond acceptors (Lipinski definition) is 4. The van der Waals surface area contributed by atoms with Crippen molar-refractivity contribution in [3.8, 4) is 0 Å². The van der Waals surface area contributed by atoms with Crippen LogP contribution in [-0.2, 0) is 22.8 Å². The third kappa shape index (κ3) is 4.04. The molecule has 1 saturated heterocycles. The summed E-state index contributed by atoms with van der Waals surface area (Å²) in [5.41, 5.74) is 2.46. The zero-order valence-corrected chi connectivity index (χ0v) is 12.8. The van der Waals surface area contributed by atoms with E-state index in [1.54, 1.807) is 0 Å². The second-order valence-electron chi connectivity index (χ2n) is 5.42. The first-order valence-corrected chi connectivity index (χ1v) is 8.99. The van der Waals surface area contributed by atoms with E-state index in [-0.39, 0.29) is 24.2 Å². The highest BCUT2D eigenvalue weighted by molar-refractivity contribution is 7.91. The van der Waals surface area contributed by atoms with Gasteiger partial charge in [-0.1, -0.05) is 31.2 Å². The van der Waals surface area contributed by atoms with Crippen LogP contribution in [0, 0.1) is 0 Å². The van der Waals surface area contributed by atoms with E-state index in [1.807, 2.05) is 0 Å². The third-order valence-electron chi connectivity index (χ3n) is 3.93. The molecule has 1 heterocycles. The molecule has 0 amide bonds. The molecule has 0 aliphatic carbocycles. The zero-order valence-electron chi connectivity index (χ0n) is 12.0. The number of aliphatic hydroxyl groups excluding tert-OH is 1. The Balaban J connectivity index is 2.05. The molecule has 1 atom stereocenters. The summed E-state index contributed by atoms with van der Waals surface area (Å²) in [6, 6.07) is 8.44. The van der Waals surface area contributed by atoms with Crippen molar-refractivity contribution in [3.63, 3.8) is 0 Å². The molecule has 1 aliphatic heterocycles. The summed E-state index contributed by atoms with van der Waals surface area (Å²) < 4.78 is 23.2. The molecule has 1 aliphatic rings. The SMILES string of the molecule is CCc1ccc(CN(CCO)C2CCS(=O)(=O)C2)cc1. The highest BCUT2D eigenvalue weighted by Gasteiger charge is 2.31. The molecule has 1 aromatic rings. The van der Waals surface area contributed by atoms with Gasteiger partial charge in [0.05, 0.1) is 18.1 Å². The van der Waals surface area contributed by atoms with Crippen LogP contribution in [0.15, 0.2) is 24.3 Å². The molecule has 0 saturated carbocycles. The molecule has 1 N–H and O–H groups in total. The van der Waals surface area contributed by atoms with Crippen molar-refractivity contribution < 1.29 is 13.5 Å². The molecule has 2 rings (SSSR count). The van der Waals surface area contributed by atoms with Crippen LogP contribution in [0.3, 0.4) is 0 Å². The Labute approximate surface area is 121 Å². The molecule has 112 valence electrons. The Bertz CT molecular complexity index is 525. The smallest absolute Gasteiger partial charge is 0.151 e. The Hall–Kier alpha value is -0.910. The third-order valence-corrected chi connectivity index (χ3v) is 5.68. The summed E-state index contributed by atoms with van der Waals surface area (Å²) in [7, 11) is -2.89. The first-order valence-electron chi connectivity index (χ1n) is 7.17. The lowest BCUT2D eigenvalue weighted by Crippen LogP contribution is -2.37. The minimum atomic E-state index is -2.89. The lowest BCUT2D eigenvalue weighted by Gasteiger charge is -2.27. The first-order chi connectivity index (χ1) is 9.54. The molecule has 1 unspecified atom stereocenters. The number of nitrogens with zero attached hydrogens (tertiary/aromatic N) is 1. The van der Waals surface area contributed by atoms with Gasteiger partial charge in [0.15, 0.2) is 9.84 Å². The van der Waals surface area contributed by atoms with Crippen LogP contribution in [0.25, 0.3) is 0 Å². The van der Waals surface area contributed by atoms with E-state index in [4.69, 9.17) is 0 Å². The monoisotopic (exact) mass is 297 g/mol. The largest absolute Gasteiger partial charge is 0.395 e. The van der Waals surface area contributed by atoms with Gasteiger partial charge in [0, 0.05) is 19.1 Å². The van der Waals surface area contributed by atoms with Gasteiger partial charge >= 0.3 is 0 Å². The van der Waals surface area contributed by atoms with Gasteiger partial charge in [0.1, 0.15) is 0 Å². The average Bonchev–Trinajstić information content (AvgIpc) is 2.79. The molecule has 0 aromatic heterocycles. The van der Waals surface area contributed by atoms with Crippen molar-refractivity contribution >= 4 is 9.84 Å². The lowest BCUT2D eigenvalue weighted by molar-refractivity contribution is 0.153. The van der Waals surface area contributed by atoms with E-state index >= 15 is 0 Å². The van der Waals surface area contributed by atoms with Crippen molar-refractivity contribution in [1.29, 1.82) is 0 Å². The Morgan fingerprint density at radius 3 is 2.40 bits per heavy atom. The molecule has 5 heteroatoms. The minimum Gasteiger partial charge on any atom is -0.395 e. The number of hydrogen-bond donors (Lipinski definition) is 1. The normalized spacial score (nSPS) is 21.4. The standard InChI is InChI=1S/C15H23NO3S/c1-2-13-3-5-14(6-4-13)11-16(8-9-17)15-7-10-20(18,19)12-15/h3-6,15,17H,2,7-12H2,1H3. The summed E-state index contributed by atoms with van der Waals surface area (Å²) in [4.78, 5) is 2.09. The van der Waals surface area contributed by atoms with Crippen LogP contribution in [0.2, 0.25) is 0 Å². The molecule has 20 heavy (non-hydrogen) atoms. The van der Waals surface area contributed by atoms with E-state index in [9.17, 15) is 13.5 Å². The summed E-state index contributed by atoms with van der Waals surface area (Å²) in [5.74, 6) is 0.494. The quantitative estimate of drug-likeness (QED) is 0.858. The second-order valence-corrected chi connectivity index (χ2v) is 7.65. The van der Waals surface area contributed by atoms with Gasteiger partial charge in [0.25, 0.3) is 0 Å². The fourth-order valence-corrected chi connectivity index (χ4v) is 4.46. The number of aryl methyl sites for hydroxylation is 1. The van der Waals surface area contributed by atoms with Crippen molar-refractivity contribution in [3.05, 3.63) is 35.4 Å². The van der Waals surface area contributed by atoms with Crippen molar-refractivity contribution in [2.45, 2.75) is 32.4 Å². The van der Waals surface area contributed by atoms with Crippen LogP contribution in [0.5, 0.6) is 0 Å². The Morgan fingerprint density at radius 2 is 1.90 bits per heavy atom. The van der Waals surface area contributed by atoms with Crippen LogP contribution in [-0.4, -0.2) is 49.1 Å². The minimum absolute atomic E-state index is 0.0398. The fraction of sp³-hybridized carbons (Fsp3) is 0.600. The first kappa shape index (κ1) is 15.5. The highest BCUT2D eigenvalue weighted by Crippen LogP contribution is 2.20. The summed E-state index contributed by atoms with van der Waals surface area (Å²) >= 11 is 0.